The zero-order valence-corrected chi connectivity index (χ0v) is 9.48. The SMILES string of the molecule is O=C(O)c1ccccc1/C=N\Oc1ccccc1. The minimum absolute atomic E-state index is 0.193. The van der Waals surface area contributed by atoms with Crippen molar-refractivity contribution in [3.05, 3.63) is 65.7 Å². The Balaban J connectivity index is 2.12. The Labute approximate surface area is 104 Å². The second kappa shape index (κ2) is 5.63. The molecule has 0 spiro atoms. The van der Waals surface area contributed by atoms with E-state index >= 15 is 0 Å². The van der Waals surface area contributed by atoms with Crippen molar-refractivity contribution in [2.75, 3.05) is 0 Å². The first-order chi connectivity index (χ1) is 8.77. The summed E-state index contributed by atoms with van der Waals surface area (Å²) in [4.78, 5) is 16.1. The van der Waals surface area contributed by atoms with Crippen molar-refractivity contribution < 1.29 is 14.7 Å². The van der Waals surface area contributed by atoms with Gasteiger partial charge in [0.1, 0.15) is 0 Å². The van der Waals surface area contributed by atoms with E-state index in [2.05, 4.69) is 5.16 Å². The van der Waals surface area contributed by atoms with Crippen LogP contribution in [0.5, 0.6) is 5.75 Å². The monoisotopic (exact) mass is 241 g/mol. The molecule has 0 saturated heterocycles. The first-order valence-electron chi connectivity index (χ1n) is 5.35. The molecule has 4 heteroatoms. The molecule has 0 bridgehead atoms. The predicted molar refractivity (Wildman–Crippen MR) is 68.1 cm³/mol. The van der Waals surface area contributed by atoms with Gasteiger partial charge in [-0.05, 0) is 18.2 Å². The van der Waals surface area contributed by atoms with E-state index in [0.717, 1.165) is 0 Å². The van der Waals surface area contributed by atoms with Crippen LogP contribution >= 0.6 is 0 Å². The number of hydrogen-bond donors (Lipinski definition) is 1. The molecule has 0 aliphatic heterocycles. The van der Waals surface area contributed by atoms with Gasteiger partial charge in [-0.15, -0.1) is 0 Å². The van der Waals surface area contributed by atoms with Gasteiger partial charge in [-0.1, -0.05) is 41.6 Å². The number of carboxylic acids is 1. The number of aromatic carboxylic acids is 1. The molecule has 0 aromatic heterocycles. The van der Waals surface area contributed by atoms with E-state index < -0.39 is 5.97 Å². The molecule has 2 rings (SSSR count). The summed E-state index contributed by atoms with van der Waals surface area (Å²) in [6.45, 7) is 0. The van der Waals surface area contributed by atoms with Gasteiger partial charge in [0, 0.05) is 5.56 Å². The third-order valence-corrected chi connectivity index (χ3v) is 2.28. The van der Waals surface area contributed by atoms with Crippen LogP contribution in [-0.2, 0) is 0 Å². The minimum atomic E-state index is -0.989. The number of hydrogen-bond acceptors (Lipinski definition) is 3. The molecule has 0 atom stereocenters. The molecule has 2 aromatic rings. The fourth-order valence-electron chi connectivity index (χ4n) is 1.43. The van der Waals surface area contributed by atoms with Crippen LogP contribution in [-0.4, -0.2) is 17.3 Å². The zero-order chi connectivity index (χ0) is 12.8. The molecule has 90 valence electrons. The first-order valence-corrected chi connectivity index (χ1v) is 5.35. The average molecular weight is 241 g/mol. The van der Waals surface area contributed by atoms with Gasteiger partial charge in [0.05, 0.1) is 11.8 Å². The molecule has 0 heterocycles. The fourth-order valence-corrected chi connectivity index (χ4v) is 1.43. The molecule has 1 N–H and O–H groups in total. The van der Waals surface area contributed by atoms with E-state index in [-0.39, 0.29) is 5.56 Å². The van der Waals surface area contributed by atoms with Gasteiger partial charge in [-0.2, -0.15) is 0 Å². The van der Waals surface area contributed by atoms with Crippen molar-refractivity contribution in [2.24, 2.45) is 5.16 Å². The van der Waals surface area contributed by atoms with Gasteiger partial charge >= 0.3 is 5.97 Å². The predicted octanol–water partition coefficient (Wildman–Crippen LogP) is 2.80. The lowest BCUT2D eigenvalue weighted by molar-refractivity contribution is 0.0697. The summed E-state index contributed by atoms with van der Waals surface area (Å²) < 4.78 is 0. The Morgan fingerprint density at radius 3 is 2.44 bits per heavy atom. The largest absolute Gasteiger partial charge is 0.478 e. The summed E-state index contributed by atoms with van der Waals surface area (Å²) in [6, 6.07) is 15.7. The van der Waals surface area contributed by atoms with Gasteiger partial charge in [-0.3, -0.25) is 0 Å². The third kappa shape index (κ3) is 2.95. The number of carboxylic acid groups (broad SMARTS) is 1. The van der Waals surface area contributed by atoms with Crippen LogP contribution in [0, 0.1) is 0 Å². The molecule has 4 nitrogen and oxygen atoms in total. The van der Waals surface area contributed by atoms with Crippen molar-refractivity contribution in [2.45, 2.75) is 0 Å². The van der Waals surface area contributed by atoms with Crippen LogP contribution in [0.4, 0.5) is 0 Å². The van der Waals surface area contributed by atoms with Crippen LogP contribution in [0.3, 0.4) is 0 Å². The topological polar surface area (TPSA) is 58.9 Å². The van der Waals surface area contributed by atoms with E-state index in [9.17, 15) is 4.79 Å². The molecular weight excluding hydrogens is 230 g/mol. The Hall–Kier alpha value is -2.62. The highest BCUT2D eigenvalue weighted by Crippen LogP contribution is 2.09. The molecule has 0 saturated carbocycles. The molecule has 0 radical (unpaired) electrons. The Kier molecular flexibility index (Phi) is 3.71. The Morgan fingerprint density at radius 1 is 1.06 bits per heavy atom. The molecule has 0 fully saturated rings. The number of para-hydroxylation sites is 1. The summed E-state index contributed by atoms with van der Waals surface area (Å²) in [5.74, 6) is -0.390. The van der Waals surface area contributed by atoms with Crippen molar-refractivity contribution in [3.63, 3.8) is 0 Å². The zero-order valence-electron chi connectivity index (χ0n) is 9.48. The van der Waals surface area contributed by atoms with Crippen LogP contribution in [0.1, 0.15) is 15.9 Å². The van der Waals surface area contributed by atoms with E-state index in [1.165, 1.54) is 12.3 Å². The first kappa shape index (κ1) is 11.9. The lowest BCUT2D eigenvalue weighted by Gasteiger charge is -2.00. The van der Waals surface area contributed by atoms with E-state index in [1.807, 2.05) is 18.2 Å². The maximum atomic E-state index is 11.0. The number of benzene rings is 2. The molecule has 0 unspecified atom stereocenters. The lowest BCUT2D eigenvalue weighted by atomic mass is 10.1. The quantitative estimate of drug-likeness (QED) is 0.661. The highest BCUT2D eigenvalue weighted by atomic mass is 16.6. The number of rotatable bonds is 4. The summed E-state index contributed by atoms with van der Waals surface area (Å²) in [7, 11) is 0. The summed E-state index contributed by atoms with van der Waals surface area (Å²) in [6.07, 6.45) is 1.39. The highest BCUT2D eigenvalue weighted by Gasteiger charge is 2.06. The summed E-state index contributed by atoms with van der Waals surface area (Å²) in [5.41, 5.74) is 0.693. The van der Waals surface area contributed by atoms with Gasteiger partial charge in [0.2, 0.25) is 0 Å². The fraction of sp³-hybridized carbons (Fsp3) is 0. The lowest BCUT2D eigenvalue weighted by Crippen LogP contribution is -2.01. The molecular formula is C14H11NO3. The van der Waals surface area contributed by atoms with Gasteiger partial charge in [0.25, 0.3) is 0 Å². The highest BCUT2D eigenvalue weighted by molar-refractivity contribution is 5.98. The smallest absolute Gasteiger partial charge is 0.336 e. The molecule has 18 heavy (non-hydrogen) atoms. The average Bonchev–Trinajstić information content (AvgIpc) is 2.40. The van der Waals surface area contributed by atoms with Crippen LogP contribution in [0.2, 0.25) is 0 Å². The molecule has 0 aliphatic carbocycles. The van der Waals surface area contributed by atoms with E-state index in [4.69, 9.17) is 9.94 Å². The van der Waals surface area contributed by atoms with Crippen LogP contribution in [0.15, 0.2) is 59.8 Å². The summed E-state index contributed by atoms with van der Waals surface area (Å²) >= 11 is 0. The van der Waals surface area contributed by atoms with E-state index in [1.54, 1.807) is 30.3 Å². The molecule has 0 aliphatic rings. The van der Waals surface area contributed by atoms with Crippen LogP contribution in [0.25, 0.3) is 0 Å². The van der Waals surface area contributed by atoms with Crippen molar-refractivity contribution >= 4 is 12.2 Å². The van der Waals surface area contributed by atoms with Crippen molar-refractivity contribution in [1.29, 1.82) is 0 Å². The third-order valence-electron chi connectivity index (χ3n) is 2.28. The normalized spacial score (nSPS) is 10.4. The van der Waals surface area contributed by atoms with Gasteiger partial charge in [-0.25, -0.2) is 4.79 Å². The van der Waals surface area contributed by atoms with Crippen molar-refractivity contribution in [3.8, 4) is 5.75 Å². The Morgan fingerprint density at radius 2 is 1.72 bits per heavy atom. The molecule has 0 amide bonds. The maximum Gasteiger partial charge on any atom is 0.336 e. The number of oxime groups is 1. The van der Waals surface area contributed by atoms with Crippen molar-refractivity contribution in [1.82, 2.24) is 0 Å². The van der Waals surface area contributed by atoms with Gasteiger partial charge < -0.3 is 9.94 Å². The number of nitrogens with zero attached hydrogens (tertiary/aromatic N) is 1. The van der Waals surface area contributed by atoms with Gasteiger partial charge in [0.15, 0.2) is 5.75 Å². The van der Waals surface area contributed by atoms with E-state index in [0.29, 0.717) is 11.3 Å². The Bertz CT molecular complexity index is 564. The standard InChI is InChI=1S/C14H11NO3/c16-14(17)13-9-5-4-6-11(13)10-15-18-12-7-2-1-3-8-12/h1-10H,(H,16,17)/b15-10-. The number of carbonyl (C=O) groups is 1. The second-order valence-electron chi connectivity index (χ2n) is 3.53. The minimum Gasteiger partial charge on any atom is -0.478 e. The summed E-state index contributed by atoms with van der Waals surface area (Å²) in [5, 5.41) is 12.7. The molecule has 2 aromatic carbocycles. The second-order valence-corrected chi connectivity index (χ2v) is 3.53. The maximum absolute atomic E-state index is 11.0. The van der Waals surface area contributed by atoms with Crippen LogP contribution < -0.4 is 4.84 Å².